The average molecular weight is 380 g/mol. The van der Waals surface area contributed by atoms with E-state index in [-0.39, 0.29) is 5.56 Å². The third-order valence-corrected chi connectivity index (χ3v) is 6.65. The van der Waals surface area contributed by atoms with Crippen molar-refractivity contribution in [2.75, 3.05) is 13.1 Å². The number of piperidine rings is 1. The van der Waals surface area contributed by atoms with Crippen LogP contribution in [0.15, 0.2) is 29.5 Å². The fourth-order valence-corrected chi connectivity index (χ4v) is 4.38. The molecule has 3 aliphatic rings. The van der Waals surface area contributed by atoms with E-state index in [4.69, 9.17) is 4.98 Å². The topological polar surface area (TPSA) is 63.9 Å². The van der Waals surface area contributed by atoms with Crippen molar-refractivity contribution >= 4 is 0 Å². The van der Waals surface area contributed by atoms with Gasteiger partial charge < -0.3 is 0 Å². The maximum atomic E-state index is 12.4. The van der Waals surface area contributed by atoms with Crippen molar-refractivity contribution in [1.82, 2.24) is 24.4 Å². The molecule has 0 N–H and O–H groups in total. The van der Waals surface area contributed by atoms with Gasteiger partial charge in [0, 0.05) is 37.2 Å². The molecular formula is C22H29N5O. The lowest BCUT2D eigenvalue weighted by Crippen LogP contribution is -2.36. The molecule has 0 bridgehead atoms. The second kappa shape index (κ2) is 7.74. The Morgan fingerprint density at radius 1 is 1.00 bits per heavy atom. The molecule has 3 fully saturated rings. The highest BCUT2D eigenvalue weighted by molar-refractivity contribution is 5.12. The first-order chi connectivity index (χ1) is 13.7. The number of likely N-dealkylation sites (tertiary alicyclic amines) is 1. The van der Waals surface area contributed by atoms with Crippen LogP contribution in [0.1, 0.15) is 74.0 Å². The summed E-state index contributed by atoms with van der Waals surface area (Å²) in [4.78, 5) is 28.6. The molecule has 3 heterocycles. The van der Waals surface area contributed by atoms with Crippen molar-refractivity contribution < 1.29 is 0 Å². The number of rotatable bonds is 6. The van der Waals surface area contributed by atoms with Crippen molar-refractivity contribution in [3.8, 4) is 0 Å². The molecular weight excluding hydrogens is 350 g/mol. The lowest BCUT2D eigenvalue weighted by atomic mass is 9.85. The molecule has 1 aliphatic heterocycles. The number of nitrogens with zero attached hydrogens (tertiary/aromatic N) is 5. The minimum absolute atomic E-state index is 0.115. The lowest BCUT2D eigenvalue weighted by Gasteiger charge is -2.32. The molecule has 5 rings (SSSR count). The highest BCUT2D eigenvalue weighted by Gasteiger charge is 2.26. The van der Waals surface area contributed by atoms with Gasteiger partial charge >= 0.3 is 0 Å². The highest BCUT2D eigenvalue weighted by Crippen LogP contribution is 2.38. The SMILES string of the molecule is O=c1cc(C2CC2)ncn1CC1CCN(Cc2ccnc(C3CCC3)n2)CC1. The molecule has 2 saturated carbocycles. The molecule has 6 nitrogen and oxygen atoms in total. The number of hydrogen-bond donors (Lipinski definition) is 0. The summed E-state index contributed by atoms with van der Waals surface area (Å²) in [5.74, 6) is 2.72. The van der Waals surface area contributed by atoms with Crippen molar-refractivity contribution in [3.05, 3.63) is 52.2 Å². The smallest absolute Gasteiger partial charge is 0.253 e. The molecule has 0 amide bonds. The van der Waals surface area contributed by atoms with E-state index in [9.17, 15) is 4.79 Å². The van der Waals surface area contributed by atoms with Crippen LogP contribution in [0.2, 0.25) is 0 Å². The molecule has 0 aromatic carbocycles. The van der Waals surface area contributed by atoms with Crippen molar-refractivity contribution in [3.63, 3.8) is 0 Å². The van der Waals surface area contributed by atoms with Gasteiger partial charge in [-0.15, -0.1) is 0 Å². The predicted molar refractivity (Wildman–Crippen MR) is 107 cm³/mol. The lowest BCUT2D eigenvalue weighted by molar-refractivity contribution is 0.164. The van der Waals surface area contributed by atoms with Gasteiger partial charge in [0.1, 0.15) is 5.82 Å². The molecule has 2 aromatic rings. The van der Waals surface area contributed by atoms with Gasteiger partial charge in [-0.2, -0.15) is 0 Å². The minimum Gasteiger partial charge on any atom is -0.299 e. The number of hydrogen-bond acceptors (Lipinski definition) is 5. The van der Waals surface area contributed by atoms with E-state index >= 15 is 0 Å². The van der Waals surface area contributed by atoms with Crippen LogP contribution in [-0.2, 0) is 13.1 Å². The second-order valence-electron chi connectivity index (χ2n) is 8.83. The summed E-state index contributed by atoms with van der Waals surface area (Å²) in [6.45, 7) is 3.84. The Balaban J connectivity index is 1.14. The van der Waals surface area contributed by atoms with Crippen molar-refractivity contribution in [2.45, 2.75) is 69.9 Å². The quantitative estimate of drug-likeness (QED) is 0.772. The van der Waals surface area contributed by atoms with Crippen LogP contribution in [0.25, 0.3) is 0 Å². The van der Waals surface area contributed by atoms with E-state index in [0.717, 1.165) is 56.2 Å². The Morgan fingerprint density at radius 2 is 1.82 bits per heavy atom. The van der Waals surface area contributed by atoms with E-state index in [1.807, 2.05) is 10.8 Å². The van der Waals surface area contributed by atoms with E-state index in [1.165, 1.54) is 32.1 Å². The molecule has 148 valence electrons. The Hall–Kier alpha value is -2.08. The molecule has 0 unspecified atom stereocenters. The zero-order valence-electron chi connectivity index (χ0n) is 16.5. The predicted octanol–water partition coefficient (Wildman–Crippen LogP) is 3.09. The van der Waals surface area contributed by atoms with E-state index in [0.29, 0.717) is 17.8 Å². The van der Waals surface area contributed by atoms with Crippen LogP contribution < -0.4 is 5.56 Å². The first-order valence-corrected chi connectivity index (χ1v) is 10.8. The summed E-state index contributed by atoms with van der Waals surface area (Å²) in [5, 5.41) is 0. The Morgan fingerprint density at radius 3 is 2.50 bits per heavy atom. The van der Waals surface area contributed by atoms with Gasteiger partial charge in [-0.1, -0.05) is 6.42 Å². The van der Waals surface area contributed by atoms with Gasteiger partial charge in [0.05, 0.1) is 17.7 Å². The van der Waals surface area contributed by atoms with Crippen LogP contribution in [0.5, 0.6) is 0 Å². The Bertz CT molecular complexity index is 878. The van der Waals surface area contributed by atoms with Crippen LogP contribution in [0.4, 0.5) is 0 Å². The molecule has 6 heteroatoms. The summed E-state index contributed by atoms with van der Waals surface area (Å²) in [6, 6.07) is 3.81. The third-order valence-electron chi connectivity index (χ3n) is 6.65. The largest absolute Gasteiger partial charge is 0.299 e. The first kappa shape index (κ1) is 18.0. The molecule has 0 radical (unpaired) electrons. The monoisotopic (exact) mass is 379 g/mol. The first-order valence-electron chi connectivity index (χ1n) is 10.8. The number of aromatic nitrogens is 4. The second-order valence-corrected chi connectivity index (χ2v) is 8.83. The minimum atomic E-state index is 0.115. The summed E-state index contributed by atoms with van der Waals surface area (Å²) in [5.41, 5.74) is 2.25. The van der Waals surface area contributed by atoms with Crippen LogP contribution in [0, 0.1) is 5.92 Å². The summed E-state index contributed by atoms with van der Waals surface area (Å²) >= 11 is 0. The van der Waals surface area contributed by atoms with E-state index < -0.39 is 0 Å². The molecule has 28 heavy (non-hydrogen) atoms. The van der Waals surface area contributed by atoms with Crippen LogP contribution in [0.3, 0.4) is 0 Å². The molecule has 2 aliphatic carbocycles. The molecule has 0 atom stereocenters. The summed E-state index contributed by atoms with van der Waals surface area (Å²) in [6.07, 6.45) is 12.1. The average Bonchev–Trinajstić information content (AvgIpc) is 3.49. The van der Waals surface area contributed by atoms with Gasteiger partial charge in [-0.05, 0) is 63.6 Å². The maximum Gasteiger partial charge on any atom is 0.253 e. The molecule has 2 aromatic heterocycles. The van der Waals surface area contributed by atoms with Gasteiger partial charge in [-0.25, -0.2) is 15.0 Å². The van der Waals surface area contributed by atoms with Crippen LogP contribution >= 0.6 is 0 Å². The highest BCUT2D eigenvalue weighted by atomic mass is 16.1. The summed E-state index contributed by atoms with van der Waals surface area (Å²) < 4.78 is 1.81. The maximum absolute atomic E-state index is 12.4. The van der Waals surface area contributed by atoms with Gasteiger partial charge in [-0.3, -0.25) is 14.3 Å². The fraction of sp³-hybridized carbons (Fsp3) is 0.636. The van der Waals surface area contributed by atoms with E-state index in [1.54, 1.807) is 12.4 Å². The van der Waals surface area contributed by atoms with Crippen LogP contribution in [-0.4, -0.2) is 37.5 Å². The van der Waals surface area contributed by atoms with Gasteiger partial charge in [0.2, 0.25) is 0 Å². The molecule has 0 spiro atoms. The zero-order chi connectivity index (χ0) is 18.9. The summed E-state index contributed by atoms with van der Waals surface area (Å²) in [7, 11) is 0. The third kappa shape index (κ3) is 4.02. The van der Waals surface area contributed by atoms with E-state index in [2.05, 4.69) is 20.9 Å². The van der Waals surface area contributed by atoms with Crippen molar-refractivity contribution in [2.24, 2.45) is 5.92 Å². The Labute approximate surface area is 166 Å². The fourth-order valence-electron chi connectivity index (χ4n) is 4.38. The van der Waals surface area contributed by atoms with Gasteiger partial charge in [0.15, 0.2) is 0 Å². The molecule has 1 saturated heterocycles. The Kier molecular flexibility index (Phi) is 4.97. The zero-order valence-corrected chi connectivity index (χ0v) is 16.5. The van der Waals surface area contributed by atoms with Crippen molar-refractivity contribution in [1.29, 1.82) is 0 Å². The standard InChI is InChI=1S/C22H29N5O/c28-21-12-20(17-4-5-17)24-15-27(21)13-16-7-10-26(11-8-16)14-19-6-9-23-22(25-19)18-2-1-3-18/h6,9,12,15-18H,1-5,7-8,10-11,13-14H2. The van der Waals surface area contributed by atoms with Gasteiger partial charge in [0.25, 0.3) is 5.56 Å². The normalized spacial score (nSPS) is 21.6.